The fraction of sp³-hybridized carbons (Fsp3) is 0.333. The van der Waals surface area contributed by atoms with Gasteiger partial charge in [0.25, 0.3) is 11.8 Å². The Balaban J connectivity index is 2.51. The summed E-state index contributed by atoms with van der Waals surface area (Å²) < 4.78 is 5.21. The van der Waals surface area contributed by atoms with Crippen LogP contribution in [0.25, 0.3) is 0 Å². The zero-order chi connectivity index (χ0) is 27.9. The Labute approximate surface area is 221 Å². The van der Waals surface area contributed by atoms with E-state index in [1.807, 2.05) is 13.0 Å². The van der Waals surface area contributed by atoms with Crippen molar-refractivity contribution < 1.29 is 23.9 Å². The molecule has 0 aliphatic carbocycles. The fourth-order valence-electron chi connectivity index (χ4n) is 3.52. The number of hydrogen-bond donors (Lipinski definition) is 3. The van der Waals surface area contributed by atoms with E-state index in [0.717, 1.165) is 10.5 Å². The van der Waals surface area contributed by atoms with Crippen LogP contribution < -0.4 is 16.4 Å². The van der Waals surface area contributed by atoms with Gasteiger partial charge in [0.05, 0.1) is 17.1 Å². The maximum Gasteiger partial charge on any atom is 0.408 e. The molecule has 2 aromatic carbocycles. The van der Waals surface area contributed by atoms with Crippen LogP contribution in [0.2, 0.25) is 5.02 Å². The highest BCUT2D eigenvalue weighted by molar-refractivity contribution is 6.34. The van der Waals surface area contributed by atoms with Crippen molar-refractivity contribution in [3.05, 3.63) is 64.2 Å². The predicted molar refractivity (Wildman–Crippen MR) is 141 cm³/mol. The van der Waals surface area contributed by atoms with Crippen molar-refractivity contribution in [3.63, 3.8) is 0 Å². The highest BCUT2D eigenvalue weighted by Crippen LogP contribution is 2.29. The van der Waals surface area contributed by atoms with Gasteiger partial charge in [0.15, 0.2) is 0 Å². The number of primary amides is 1. The Hall–Kier alpha value is -4.03. The third-order valence-corrected chi connectivity index (χ3v) is 5.42. The van der Waals surface area contributed by atoms with Gasteiger partial charge in [-0.2, -0.15) is 0 Å². The Morgan fingerprint density at radius 3 is 2.32 bits per heavy atom. The van der Waals surface area contributed by atoms with Crippen molar-refractivity contribution in [1.29, 1.82) is 0 Å². The number of alkyl carbamates (subject to hydrolysis) is 1. The number of anilines is 1. The average Bonchev–Trinajstić information content (AvgIpc) is 2.77. The van der Waals surface area contributed by atoms with Crippen molar-refractivity contribution in [2.24, 2.45) is 5.73 Å². The minimum absolute atomic E-state index is 0.299. The molecule has 2 aromatic rings. The zero-order valence-corrected chi connectivity index (χ0v) is 22.2. The Morgan fingerprint density at radius 1 is 1.14 bits per heavy atom. The number of amides is 4. The fourth-order valence-corrected chi connectivity index (χ4v) is 3.79. The highest BCUT2D eigenvalue weighted by Gasteiger charge is 2.37. The smallest absolute Gasteiger partial charge is 0.408 e. The summed E-state index contributed by atoms with van der Waals surface area (Å²) in [6.07, 6.45) is 4.21. The minimum atomic E-state index is -1.48. The van der Waals surface area contributed by atoms with E-state index in [4.69, 9.17) is 28.5 Å². The van der Waals surface area contributed by atoms with Crippen LogP contribution in [0, 0.1) is 26.3 Å². The lowest BCUT2D eigenvalue weighted by Gasteiger charge is -2.30. The van der Waals surface area contributed by atoms with E-state index in [1.54, 1.807) is 64.1 Å². The Kier molecular flexibility index (Phi) is 9.69. The highest BCUT2D eigenvalue weighted by atomic mass is 35.5. The van der Waals surface area contributed by atoms with Gasteiger partial charge in [-0.05, 0) is 51.8 Å². The van der Waals surface area contributed by atoms with Crippen LogP contribution in [0.1, 0.15) is 49.9 Å². The Morgan fingerprint density at radius 2 is 1.78 bits per heavy atom. The topological polar surface area (TPSA) is 131 Å². The van der Waals surface area contributed by atoms with Crippen LogP contribution in [0.3, 0.4) is 0 Å². The average molecular weight is 527 g/mol. The molecule has 0 bridgehead atoms. The molecule has 196 valence electrons. The first-order valence-corrected chi connectivity index (χ1v) is 11.8. The molecule has 0 saturated heterocycles. The molecule has 2 unspecified atom stereocenters. The van der Waals surface area contributed by atoms with Crippen molar-refractivity contribution >= 4 is 41.1 Å². The number of carbonyl (C=O) groups excluding carboxylic acids is 4. The van der Waals surface area contributed by atoms with Crippen molar-refractivity contribution in [1.82, 2.24) is 10.2 Å². The van der Waals surface area contributed by atoms with E-state index in [2.05, 4.69) is 16.7 Å². The van der Waals surface area contributed by atoms with Crippen LogP contribution in [0.15, 0.2) is 42.5 Å². The third-order valence-electron chi connectivity index (χ3n) is 5.11. The maximum atomic E-state index is 13.6. The molecule has 0 aliphatic rings. The molecule has 0 saturated carbocycles. The second kappa shape index (κ2) is 12.3. The van der Waals surface area contributed by atoms with E-state index < -0.39 is 47.9 Å². The number of benzene rings is 2. The summed E-state index contributed by atoms with van der Waals surface area (Å²) in [4.78, 5) is 52.2. The van der Waals surface area contributed by atoms with E-state index in [-0.39, 0.29) is 0 Å². The number of nitrogens with zero attached hydrogens (tertiary/aromatic N) is 1. The van der Waals surface area contributed by atoms with Gasteiger partial charge < -0.3 is 21.1 Å². The van der Waals surface area contributed by atoms with E-state index in [1.165, 1.54) is 0 Å². The quantitative estimate of drug-likeness (QED) is 0.355. The van der Waals surface area contributed by atoms with Crippen molar-refractivity contribution in [2.75, 3.05) is 5.32 Å². The summed E-state index contributed by atoms with van der Waals surface area (Å²) >= 11 is 6.29. The monoisotopic (exact) mass is 526 g/mol. The molecule has 0 fully saturated rings. The number of nitrogens with one attached hydrogen (secondary N) is 2. The van der Waals surface area contributed by atoms with Crippen molar-refractivity contribution in [3.8, 4) is 12.5 Å². The minimum Gasteiger partial charge on any atom is -0.444 e. The normalized spacial score (nSPS) is 12.5. The number of carbonyl (C=O) groups is 4. The largest absolute Gasteiger partial charge is 0.444 e. The maximum absolute atomic E-state index is 13.6. The first-order chi connectivity index (χ1) is 17.2. The summed E-state index contributed by atoms with van der Waals surface area (Å²) in [5.41, 5.74) is 6.74. The Bertz CT molecular complexity index is 1210. The van der Waals surface area contributed by atoms with E-state index in [9.17, 15) is 19.2 Å². The number of para-hydroxylation sites is 1. The van der Waals surface area contributed by atoms with E-state index >= 15 is 0 Å². The number of hydrogen-bond acceptors (Lipinski definition) is 5. The molecule has 0 spiro atoms. The molecule has 0 heterocycles. The van der Waals surface area contributed by atoms with Crippen LogP contribution in [-0.2, 0) is 19.1 Å². The molecule has 0 aromatic heterocycles. The molecule has 2 rings (SSSR count). The summed E-state index contributed by atoms with van der Waals surface area (Å²) in [6, 6.07) is 11.4. The van der Waals surface area contributed by atoms with Crippen molar-refractivity contribution in [2.45, 2.75) is 58.7 Å². The molecule has 0 radical (unpaired) electrons. The predicted octanol–water partition coefficient (Wildman–Crippen LogP) is 3.82. The first kappa shape index (κ1) is 29.2. The summed E-state index contributed by atoms with van der Waals surface area (Å²) in [5, 5.41) is 5.40. The summed E-state index contributed by atoms with van der Waals surface area (Å²) in [7, 11) is 0. The second-order valence-electron chi connectivity index (χ2n) is 9.44. The molecule has 9 nitrogen and oxygen atoms in total. The molecule has 37 heavy (non-hydrogen) atoms. The van der Waals surface area contributed by atoms with Gasteiger partial charge in [-0.25, -0.2) is 4.79 Å². The number of nitrogens with two attached hydrogens (primary N) is 1. The molecular formula is C27H31ClN4O5. The van der Waals surface area contributed by atoms with Gasteiger partial charge in [-0.1, -0.05) is 60.0 Å². The van der Waals surface area contributed by atoms with Crippen LogP contribution >= 0.6 is 11.6 Å². The molecule has 0 aliphatic heterocycles. The SMILES string of the molecule is C#CN(C(=O)C(CC(N)=O)NC(=O)OC(C)(C)C)C(C(=O)Nc1c(C)cccc1Cl)c1cccc(C)c1. The molecule has 4 amide bonds. The zero-order valence-electron chi connectivity index (χ0n) is 21.4. The molecule has 2 atom stereocenters. The molecule has 10 heteroatoms. The lowest BCUT2D eigenvalue weighted by Crippen LogP contribution is -2.52. The number of terminal acetylenes is 1. The van der Waals surface area contributed by atoms with Crippen LogP contribution in [0.4, 0.5) is 10.5 Å². The van der Waals surface area contributed by atoms with Gasteiger partial charge in [-0.15, -0.1) is 0 Å². The first-order valence-electron chi connectivity index (χ1n) is 11.4. The third kappa shape index (κ3) is 8.26. The summed E-state index contributed by atoms with van der Waals surface area (Å²) in [6.45, 7) is 8.50. The standard InChI is InChI=1S/C27H31ClN4O5/c1-7-32(25(35)20(15-21(29)33)30-26(36)37-27(4,5)6)23(18-12-8-10-16(2)14-18)24(34)31-22-17(3)11-9-13-19(22)28/h1,8-14,20,23H,15H2,2-6H3,(H2,29,33)(H,30,36)(H,31,34). The van der Waals surface area contributed by atoms with Crippen LogP contribution in [-0.4, -0.2) is 40.4 Å². The number of aryl methyl sites for hydroxylation is 2. The number of halogens is 1. The lowest BCUT2D eigenvalue weighted by molar-refractivity contribution is -0.138. The molecule has 4 N–H and O–H groups in total. The van der Waals surface area contributed by atoms with Gasteiger partial charge in [0.2, 0.25) is 5.91 Å². The van der Waals surface area contributed by atoms with E-state index in [0.29, 0.717) is 21.8 Å². The van der Waals surface area contributed by atoms with Gasteiger partial charge >= 0.3 is 6.09 Å². The van der Waals surface area contributed by atoms with Gasteiger partial charge in [0, 0.05) is 6.04 Å². The van der Waals surface area contributed by atoms with Crippen LogP contribution in [0.5, 0.6) is 0 Å². The number of rotatable bonds is 8. The number of ether oxygens (including phenoxy) is 1. The molecular weight excluding hydrogens is 496 g/mol. The van der Waals surface area contributed by atoms with Gasteiger partial charge in [-0.3, -0.25) is 19.3 Å². The second-order valence-corrected chi connectivity index (χ2v) is 9.85. The lowest BCUT2D eigenvalue weighted by atomic mass is 10.0. The van der Waals surface area contributed by atoms with Gasteiger partial charge in [0.1, 0.15) is 17.7 Å². The summed E-state index contributed by atoms with van der Waals surface area (Å²) in [5.74, 6) is -2.41.